The topological polar surface area (TPSA) is 88.8 Å². The van der Waals surface area contributed by atoms with Gasteiger partial charge in [0.15, 0.2) is 11.2 Å². The number of hydrogen-bond acceptors (Lipinski definition) is 5. The summed E-state index contributed by atoms with van der Waals surface area (Å²) in [5.74, 6) is -1.92. The van der Waals surface area contributed by atoms with E-state index in [4.69, 9.17) is 4.42 Å². The third-order valence-electron chi connectivity index (χ3n) is 4.19. The van der Waals surface area contributed by atoms with Crippen LogP contribution < -0.4 is 15.5 Å². The van der Waals surface area contributed by atoms with Crippen LogP contribution in [0.4, 0.5) is 18.9 Å². The van der Waals surface area contributed by atoms with Crippen molar-refractivity contribution in [3.05, 3.63) is 70.1 Å². The van der Waals surface area contributed by atoms with Crippen molar-refractivity contribution < 1.29 is 31.9 Å². The molecule has 0 bridgehead atoms. The molecule has 0 aliphatic carbocycles. The third kappa shape index (κ3) is 5.62. The molecule has 10 heteroatoms. The second-order valence-electron chi connectivity index (χ2n) is 6.76. The van der Waals surface area contributed by atoms with Gasteiger partial charge in [-0.15, -0.1) is 13.2 Å². The van der Waals surface area contributed by atoms with Gasteiger partial charge in [-0.25, -0.2) is 0 Å². The van der Waals surface area contributed by atoms with Crippen LogP contribution in [-0.4, -0.2) is 36.7 Å². The number of likely N-dealkylation sites (N-methyl/N-ethyl adjacent to an activating group) is 1. The number of carbonyl (C=O) groups is 2. The van der Waals surface area contributed by atoms with Crippen molar-refractivity contribution in [2.75, 3.05) is 18.9 Å². The number of ether oxygens (including phenoxy) is 1. The number of rotatable bonds is 5. The Hall–Kier alpha value is -3.82. The predicted octanol–water partition coefficient (Wildman–Crippen LogP) is 3.71. The number of hydrogen-bond donors (Lipinski definition) is 1. The Morgan fingerprint density at radius 2 is 1.77 bits per heavy atom. The van der Waals surface area contributed by atoms with Crippen LogP contribution >= 0.6 is 0 Å². The number of amides is 2. The Morgan fingerprint density at radius 3 is 2.42 bits per heavy atom. The predicted molar refractivity (Wildman–Crippen MR) is 106 cm³/mol. The third-order valence-corrected chi connectivity index (χ3v) is 4.19. The molecule has 0 aliphatic heterocycles. The van der Waals surface area contributed by atoms with Gasteiger partial charge < -0.3 is 19.4 Å². The maximum atomic E-state index is 12.6. The van der Waals surface area contributed by atoms with Crippen LogP contribution in [0.25, 0.3) is 11.0 Å². The molecule has 1 N–H and O–H groups in total. The molecule has 0 saturated carbocycles. The van der Waals surface area contributed by atoms with E-state index in [1.165, 1.54) is 19.2 Å². The molecule has 2 amide bonds. The fourth-order valence-electron chi connectivity index (χ4n) is 2.79. The standard InChI is InChI=1S/C21H17F3N2O5/c1-12-3-8-17-15(9-12)16(27)10-18(30-17)20(29)26(2)11-19(28)25-13-4-6-14(7-5-13)31-21(22,23)24/h3-10H,11H2,1-2H3,(H,25,28). The molecule has 1 heterocycles. The number of alkyl halides is 3. The molecule has 0 aliphatic rings. The first-order valence-electron chi connectivity index (χ1n) is 8.97. The smallest absolute Gasteiger partial charge is 0.451 e. The SMILES string of the molecule is Cc1ccc2oc(C(=O)N(C)CC(=O)Nc3ccc(OC(F)(F)F)cc3)cc(=O)c2c1. The molecule has 162 valence electrons. The highest BCUT2D eigenvalue weighted by Gasteiger charge is 2.31. The molecule has 0 saturated heterocycles. The Morgan fingerprint density at radius 1 is 1.10 bits per heavy atom. The van der Waals surface area contributed by atoms with Crippen molar-refractivity contribution >= 4 is 28.5 Å². The summed E-state index contributed by atoms with van der Waals surface area (Å²) in [7, 11) is 1.35. The molecule has 7 nitrogen and oxygen atoms in total. The first kappa shape index (κ1) is 21.9. The molecule has 0 unspecified atom stereocenters. The number of benzene rings is 2. The molecule has 2 aromatic carbocycles. The summed E-state index contributed by atoms with van der Waals surface area (Å²) in [6, 6.07) is 10.6. The monoisotopic (exact) mass is 434 g/mol. The van der Waals surface area contributed by atoms with Crippen molar-refractivity contribution in [2.24, 2.45) is 0 Å². The first-order chi connectivity index (χ1) is 14.5. The fourth-order valence-corrected chi connectivity index (χ4v) is 2.79. The van der Waals surface area contributed by atoms with E-state index in [1.807, 2.05) is 6.92 Å². The Kier molecular flexibility index (Phi) is 6.00. The number of halogens is 3. The minimum absolute atomic E-state index is 0.216. The van der Waals surface area contributed by atoms with E-state index < -0.39 is 23.9 Å². The molecular weight excluding hydrogens is 417 g/mol. The number of nitrogens with zero attached hydrogens (tertiary/aromatic N) is 1. The normalized spacial score (nSPS) is 11.3. The summed E-state index contributed by atoms with van der Waals surface area (Å²) in [6.45, 7) is 1.44. The Bertz CT molecular complexity index is 1190. The summed E-state index contributed by atoms with van der Waals surface area (Å²) in [5, 5.41) is 2.80. The van der Waals surface area contributed by atoms with Gasteiger partial charge in [0.05, 0.1) is 11.9 Å². The zero-order chi connectivity index (χ0) is 22.8. The second-order valence-corrected chi connectivity index (χ2v) is 6.76. The van der Waals surface area contributed by atoms with E-state index in [-0.39, 0.29) is 29.0 Å². The average Bonchev–Trinajstić information content (AvgIpc) is 2.68. The number of aryl methyl sites for hydroxylation is 1. The van der Waals surface area contributed by atoms with Crippen LogP contribution in [0.15, 0.2) is 57.7 Å². The van der Waals surface area contributed by atoms with Gasteiger partial charge in [-0.3, -0.25) is 14.4 Å². The summed E-state index contributed by atoms with van der Waals surface area (Å²) in [5.41, 5.74) is 0.950. The lowest BCUT2D eigenvalue weighted by Gasteiger charge is -2.16. The minimum Gasteiger partial charge on any atom is -0.451 e. The Balaban J connectivity index is 1.65. The van der Waals surface area contributed by atoms with Gasteiger partial charge in [0.2, 0.25) is 5.91 Å². The van der Waals surface area contributed by atoms with Gasteiger partial charge >= 0.3 is 6.36 Å². The lowest BCUT2D eigenvalue weighted by molar-refractivity contribution is -0.274. The molecule has 1 aromatic heterocycles. The number of fused-ring (bicyclic) bond motifs is 1. The first-order valence-corrected chi connectivity index (χ1v) is 8.97. The lowest BCUT2D eigenvalue weighted by atomic mass is 10.1. The number of carbonyl (C=O) groups excluding carboxylic acids is 2. The van der Waals surface area contributed by atoms with Gasteiger partial charge in [-0.1, -0.05) is 11.6 Å². The summed E-state index contributed by atoms with van der Waals surface area (Å²) >= 11 is 0. The molecule has 0 atom stereocenters. The molecule has 0 spiro atoms. The highest BCUT2D eigenvalue weighted by atomic mass is 19.4. The zero-order valence-corrected chi connectivity index (χ0v) is 16.4. The van der Waals surface area contributed by atoms with E-state index in [9.17, 15) is 27.6 Å². The van der Waals surface area contributed by atoms with Crippen molar-refractivity contribution in [2.45, 2.75) is 13.3 Å². The minimum atomic E-state index is -4.82. The molecule has 0 fully saturated rings. The van der Waals surface area contributed by atoms with Gasteiger partial charge in [0, 0.05) is 18.8 Å². The summed E-state index contributed by atoms with van der Waals surface area (Å²) in [6.07, 6.45) is -4.82. The Labute approximate surface area is 174 Å². The summed E-state index contributed by atoms with van der Waals surface area (Å²) in [4.78, 5) is 38.1. The van der Waals surface area contributed by atoms with Crippen molar-refractivity contribution in [1.29, 1.82) is 0 Å². The van der Waals surface area contributed by atoms with E-state index >= 15 is 0 Å². The van der Waals surface area contributed by atoms with Gasteiger partial charge in [0.1, 0.15) is 11.3 Å². The van der Waals surface area contributed by atoms with E-state index in [0.29, 0.717) is 5.39 Å². The van der Waals surface area contributed by atoms with Crippen LogP contribution in [-0.2, 0) is 4.79 Å². The second kappa shape index (κ2) is 8.50. The average molecular weight is 434 g/mol. The van der Waals surface area contributed by atoms with E-state index in [2.05, 4.69) is 10.1 Å². The van der Waals surface area contributed by atoms with E-state index in [1.54, 1.807) is 18.2 Å². The van der Waals surface area contributed by atoms with Crippen LogP contribution in [0.1, 0.15) is 16.1 Å². The number of anilines is 1. The summed E-state index contributed by atoms with van der Waals surface area (Å²) < 4.78 is 45.8. The highest BCUT2D eigenvalue weighted by molar-refractivity contribution is 5.98. The van der Waals surface area contributed by atoms with Gasteiger partial charge in [0.25, 0.3) is 5.91 Å². The van der Waals surface area contributed by atoms with Gasteiger partial charge in [-0.2, -0.15) is 0 Å². The molecule has 3 aromatic rings. The maximum absolute atomic E-state index is 12.6. The van der Waals surface area contributed by atoms with Crippen LogP contribution in [0.5, 0.6) is 5.75 Å². The van der Waals surface area contributed by atoms with Crippen molar-refractivity contribution in [1.82, 2.24) is 4.90 Å². The van der Waals surface area contributed by atoms with Crippen molar-refractivity contribution in [3.8, 4) is 5.75 Å². The quantitative estimate of drug-likeness (QED) is 0.661. The fraction of sp³-hybridized carbons (Fsp3) is 0.190. The maximum Gasteiger partial charge on any atom is 0.573 e. The van der Waals surface area contributed by atoms with Crippen LogP contribution in [0.2, 0.25) is 0 Å². The van der Waals surface area contributed by atoms with Crippen molar-refractivity contribution in [3.63, 3.8) is 0 Å². The van der Waals surface area contributed by atoms with E-state index in [0.717, 1.165) is 28.7 Å². The highest BCUT2D eigenvalue weighted by Crippen LogP contribution is 2.24. The zero-order valence-electron chi connectivity index (χ0n) is 16.4. The number of nitrogens with one attached hydrogen (secondary N) is 1. The molecule has 0 radical (unpaired) electrons. The van der Waals surface area contributed by atoms with Crippen LogP contribution in [0.3, 0.4) is 0 Å². The molecule has 3 rings (SSSR count). The van der Waals surface area contributed by atoms with Crippen LogP contribution in [0, 0.1) is 6.92 Å². The molecular formula is C21H17F3N2O5. The largest absolute Gasteiger partial charge is 0.573 e. The van der Waals surface area contributed by atoms with Gasteiger partial charge in [-0.05, 0) is 43.3 Å². The molecule has 31 heavy (non-hydrogen) atoms. The lowest BCUT2D eigenvalue weighted by Crippen LogP contribution is -2.35.